The van der Waals surface area contributed by atoms with Gasteiger partial charge in [0.05, 0.1) is 13.2 Å². The third kappa shape index (κ3) is 3.55. The topological polar surface area (TPSA) is 50.7 Å². The Balaban J connectivity index is 1.41. The Labute approximate surface area is 144 Å². The van der Waals surface area contributed by atoms with Crippen LogP contribution in [0.2, 0.25) is 0 Å². The summed E-state index contributed by atoms with van der Waals surface area (Å²) in [6, 6.07) is 2.59. The van der Waals surface area contributed by atoms with Gasteiger partial charge in [0.15, 0.2) is 0 Å². The molecule has 0 unspecified atom stereocenters. The standard InChI is InChI=1S/C18H28N4O2/c1-6-19-17(20-7-1)22-10-13-24-15-18(14-22)4-8-21(9-5-18)16-2-11-23-12-3-16/h1,6-7,16H,2-5,8-15H2. The maximum Gasteiger partial charge on any atom is 0.225 e. The van der Waals surface area contributed by atoms with E-state index < -0.39 is 0 Å². The number of likely N-dealkylation sites (tertiary alicyclic amines) is 1. The SMILES string of the molecule is c1cnc(N2CCOCC3(CCN(C4CCOCC4)CC3)C2)nc1. The van der Waals surface area contributed by atoms with Crippen molar-refractivity contribution < 1.29 is 9.47 Å². The van der Waals surface area contributed by atoms with Gasteiger partial charge in [0.1, 0.15) is 0 Å². The molecule has 6 heteroatoms. The van der Waals surface area contributed by atoms with E-state index in [2.05, 4.69) is 19.8 Å². The Morgan fingerprint density at radius 2 is 1.71 bits per heavy atom. The molecule has 3 fully saturated rings. The summed E-state index contributed by atoms with van der Waals surface area (Å²) in [5.41, 5.74) is 0.247. The molecule has 4 heterocycles. The van der Waals surface area contributed by atoms with Crippen molar-refractivity contribution in [1.29, 1.82) is 0 Å². The Morgan fingerprint density at radius 1 is 0.958 bits per heavy atom. The van der Waals surface area contributed by atoms with E-state index in [1.165, 1.54) is 38.8 Å². The van der Waals surface area contributed by atoms with E-state index >= 15 is 0 Å². The van der Waals surface area contributed by atoms with Gasteiger partial charge in [0.2, 0.25) is 5.95 Å². The zero-order valence-corrected chi connectivity index (χ0v) is 14.4. The van der Waals surface area contributed by atoms with Crippen LogP contribution in [0.3, 0.4) is 0 Å². The first kappa shape index (κ1) is 16.2. The van der Waals surface area contributed by atoms with Crippen LogP contribution in [0.15, 0.2) is 18.5 Å². The van der Waals surface area contributed by atoms with Crippen molar-refractivity contribution in [2.24, 2.45) is 5.41 Å². The lowest BCUT2D eigenvalue weighted by molar-refractivity contribution is -0.0159. The lowest BCUT2D eigenvalue weighted by Gasteiger charge is -2.45. The van der Waals surface area contributed by atoms with Gasteiger partial charge in [-0.3, -0.25) is 0 Å². The first-order valence-electron chi connectivity index (χ1n) is 9.26. The predicted octanol–water partition coefficient (Wildman–Crippen LogP) is 1.57. The maximum absolute atomic E-state index is 5.98. The molecule has 0 amide bonds. The second-order valence-electron chi connectivity index (χ2n) is 7.40. The minimum absolute atomic E-state index is 0.247. The molecule has 1 aromatic rings. The highest BCUT2D eigenvalue weighted by Gasteiger charge is 2.40. The average molecular weight is 332 g/mol. The van der Waals surface area contributed by atoms with E-state index in [0.29, 0.717) is 0 Å². The molecule has 0 aromatic carbocycles. The molecule has 6 nitrogen and oxygen atoms in total. The summed E-state index contributed by atoms with van der Waals surface area (Å²) in [5.74, 6) is 0.842. The molecule has 1 aromatic heterocycles. The molecule has 3 aliphatic heterocycles. The summed E-state index contributed by atoms with van der Waals surface area (Å²) in [4.78, 5) is 13.9. The fourth-order valence-corrected chi connectivity index (χ4v) is 4.33. The van der Waals surface area contributed by atoms with Gasteiger partial charge in [-0.15, -0.1) is 0 Å². The van der Waals surface area contributed by atoms with E-state index in [0.717, 1.165) is 51.5 Å². The highest BCUT2D eigenvalue weighted by Crippen LogP contribution is 2.36. The number of ether oxygens (including phenoxy) is 2. The predicted molar refractivity (Wildman–Crippen MR) is 92.1 cm³/mol. The van der Waals surface area contributed by atoms with Crippen LogP contribution in [-0.4, -0.2) is 73.5 Å². The summed E-state index contributed by atoms with van der Waals surface area (Å²) in [6.07, 6.45) is 8.44. The van der Waals surface area contributed by atoms with E-state index in [1.54, 1.807) is 0 Å². The van der Waals surface area contributed by atoms with Crippen LogP contribution in [-0.2, 0) is 9.47 Å². The second kappa shape index (κ2) is 7.33. The molecule has 0 saturated carbocycles. The third-order valence-corrected chi connectivity index (χ3v) is 5.84. The summed E-state index contributed by atoms with van der Waals surface area (Å²) >= 11 is 0. The Bertz CT molecular complexity index is 513. The normalized spacial score (nSPS) is 26.4. The van der Waals surface area contributed by atoms with Crippen molar-refractivity contribution in [3.05, 3.63) is 18.5 Å². The summed E-state index contributed by atoms with van der Waals surface area (Å²) in [5, 5.41) is 0. The highest BCUT2D eigenvalue weighted by atomic mass is 16.5. The molecule has 4 rings (SSSR count). The van der Waals surface area contributed by atoms with Gasteiger partial charge >= 0.3 is 0 Å². The zero-order valence-electron chi connectivity index (χ0n) is 14.4. The van der Waals surface area contributed by atoms with Crippen molar-refractivity contribution in [3.63, 3.8) is 0 Å². The number of anilines is 1. The van der Waals surface area contributed by atoms with Gasteiger partial charge in [-0.05, 0) is 44.8 Å². The van der Waals surface area contributed by atoms with Crippen LogP contribution >= 0.6 is 0 Å². The van der Waals surface area contributed by atoms with Gasteiger partial charge in [-0.1, -0.05) is 0 Å². The van der Waals surface area contributed by atoms with Crippen LogP contribution < -0.4 is 4.90 Å². The minimum atomic E-state index is 0.247. The molecule has 0 bridgehead atoms. The first-order chi connectivity index (χ1) is 11.8. The molecule has 3 aliphatic rings. The van der Waals surface area contributed by atoms with E-state index in [4.69, 9.17) is 9.47 Å². The Kier molecular flexibility index (Phi) is 4.96. The molecule has 0 radical (unpaired) electrons. The van der Waals surface area contributed by atoms with E-state index in [9.17, 15) is 0 Å². The van der Waals surface area contributed by atoms with Crippen LogP contribution in [0.1, 0.15) is 25.7 Å². The summed E-state index contributed by atoms with van der Waals surface area (Å²) in [6.45, 7) is 7.74. The van der Waals surface area contributed by atoms with E-state index in [-0.39, 0.29) is 5.41 Å². The number of nitrogens with zero attached hydrogens (tertiary/aromatic N) is 4. The summed E-state index contributed by atoms with van der Waals surface area (Å²) in [7, 11) is 0. The molecule has 0 aliphatic carbocycles. The van der Waals surface area contributed by atoms with Crippen LogP contribution in [0.4, 0.5) is 5.95 Å². The number of hydrogen-bond donors (Lipinski definition) is 0. The third-order valence-electron chi connectivity index (χ3n) is 5.84. The van der Waals surface area contributed by atoms with Crippen molar-refractivity contribution in [1.82, 2.24) is 14.9 Å². The van der Waals surface area contributed by atoms with Gasteiger partial charge in [-0.25, -0.2) is 9.97 Å². The van der Waals surface area contributed by atoms with Gasteiger partial charge in [-0.2, -0.15) is 0 Å². The fraction of sp³-hybridized carbons (Fsp3) is 0.778. The molecule has 3 saturated heterocycles. The maximum atomic E-state index is 5.98. The molecular weight excluding hydrogens is 304 g/mol. The Hall–Kier alpha value is -1.24. The average Bonchev–Trinajstić information content (AvgIpc) is 2.87. The summed E-state index contributed by atoms with van der Waals surface area (Å²) < 4.78 is 11.5. The van der Waals surface area contributed by atoms with Crippen LogP contribution in [0.25, 0.3) is 0 Å². The molecular formula is C18H28N4O2. The van der Waals surface area contributed by atoms with Crippen molar-refractivity contribution >= 4 is 5.95 Å². The molecule has 0 atom stereocenters. The Morgan fingerprint density at radius 3 is 2.46 bits per heavy atom. The monoisotopic (exact) mass is 332 g/mol. The van der Waals surface area contributed by atoms with Gasteiger partial charge < -0.3 is 19.3 Å². The molecule has 0 N–H and O–H groups in total. The number of aromatic nitrogens is 2. The molecule has 1 spiro atoms. The van der Waals surface area contributed by atoms with Crippen molar-refractivity contribution in [2.45, 2.75) is 31.7 Å². The zero-order chi connectivity index (χ0) is 16.2. The van der Waals surface area contributed by atoms with Crippen LogP contribution in [0.5, 0.6) is 0 Å². The van der Waals surface area contributed by atoms with E-state index in [1.807, 2.05) is 18.5 Å². The minimum Gasteiger partial charge on any atom is -0.381 e. The van der Waals surface area contributed by atoms with Crippen LogP contribution in [0, 0.1) is 5.41 Å². The number of rotatable bonds is 2. The number of hydrogen-bond acceptors (Lipinski definition) is 6. The number of piperidine rings is 1. The fourth-order valence-electron chi connectivity index (χ4n) is 4.33. The van der Waals surface area contributed by atoms with Crippen molar-refractivity contribution in [2.75, 3.05) is 57.5 Å². The quantitative estimate of drug-likeness (QED) is 0.819. The lowest BCUT2D eigenvalue weighted by Crippen LogP contribution is -2.51. The second-order valence-corrected chi connectivity index (χ2v) is 7.40. The highest BCUT2D eigenvalue weighted by molar-refractivity contribution is 5.29. The van der Waals surface area contributed by atoms with Gasteiger partial charge in [0.25, 0.3) is 0 Å². The van der Waals surface area contributed by atoms with Crippen molar-refractivity contribution in [3.8, 4) is 0 Å². The smallest absolute Gasteiger partial charge is 0.225 e. The first-order valence-corrected chi connectivity index (χ1v) is 9.26. The van der Waals surface area contributed by atoms with Gasteiger partial charge in [0, 0.05) is 50.2 Å². The lowest BCUT2D eigenvalue weighted by atomic mass is 9.78. The largest absolute Gasteiger partial charge is 0.381 e. The molecule has 24 heavy (non-hydrogen) atoms. The molecule has 132 valence electrons.